The van der Waals surface area contributed by atoms with E-state index in [0.29, 0.717) is 5.57 Å². The Morgan fingerprint density at radius 3 is 2.10 bits per heavy atom. The molecule has 1 amide bonds. The van der Waals surface area contributed by atoms with Gasteiger partial charge in [-0.25, -0.2) is 0 Å². The van der Waals surface area contributed by atoms with Crippen LogP contribution >= 0.6 is 0 Å². The summed E-state index contributed by atoms with van der Waals surface area (Å²) in [6.45, 7) is 20.9. The van der Waals surface area contributed by atoms with Gasteiger partial charge < -0.3 is 10.2 Å². The van der Waals surface area contributed by atoms with E-state index in [4.69, 9.17) is 0 Å². The van der Waals surface area contributed by atoms with Crippen LogP contribution in [0.5, 0.6) is 0 Å². The molecule has 1 unspecified atom stereocenters. The molecule has 0 saturated carbocycles. The van der Waals surface area contributed by atoms with Crippen molar-refractivity contribution in [2.75, 3.05) is 20.1 Å². The monoisotopic (exact) mass is 415 g/mol. The molecule has 0 aromatic carbocycles. The summed E-state index contributed by atoms with van der Waals surface area (Å²) in [5.74, 6) is -0.0630. The molecule has 5 nitrogen and oxygen atoms in total. The smallest absolute Gasteiger partial charge is 0.247 e. The summed E-state index contributed by atoms with van der Waals surface area (Å²) in [7, 11) is 2.08. The van der Waals surface area contributed by atoms with E-state index in [9.17, 15) is 9.59 Å². The Morgan fingerprint density at radius 1 is 1.03 bits per heavy atom. The quantitative estimate of drug-likeness (QED) is 0.377. The van der Waals surface area contributed by atoms with Crippen LogP contribution in [0, 0.1) is 0 Å². The minimum Gasteiger partial charge on any atom is -0.346 e. The van der Waals surface area contributed by atoms with Gasteiger partial charge in [0.1, 0.15) is 0 Å². The number of nitrogens with one attached hydrogen (secondary N) is 1. The fraction of sp³-hybridized carbons (Fsp3) is 0.560. The van der Waals surface area contributed by atoms with E-state index in [1.54, 1.807) is 19.2 Å². The van der Waals surface area contributed by atoms with Gasteiger partial charge in [0.05, 0.1) is 5.54 Å². The first-order valence-electron chi connectivity index (χ1n) is 10.5. The SMILES string of the molecule is C=CN=C(C)C(C)=C(C)C.CC(=O)/C=C\C(C)=C(/C)C(=O)NC1(C)CCCN(C)C1. The number of nitrogens with zero attached hydrogens (tertiary/aromatic N) is 2. The molecule has 1 heterocycles. The summed E-state index contributed by atoms with van der Waals surface area (Å²) in [6, 6.07) is 0. The maximum Gasteiger partial charge on any atom is 0.247 e. The lowest BCUT2D eigenvalue weighted by atomic mass is 9.91. The number of aliphatic imine (C=N–C) groups is 1. The third-order valence-electron chi connectivity index (χ3n) is 5.38. The molecule has 0 radical (unpaired) electrons. The summed E-state index contributed by atoms with van der Waals surface area (Å²) in [4.78, 5) is 29.5. The predicted molar refractivity (Wildman–Crippen MR) is 129 cm³/mol. The van der Waals surface area contributed by atoms with Gasteiger partial charge >= 0.3 is 0 Å². The standard InChI is InChI=1S/C16H26N2O2.C9H15N/c1-12(7-8-13(2)19)14(3)15(20)17-16(4)9-6-10-18(5)11-16;1-6-10-9(5)8(4)7(2)3/h7-8H,6,9-11H2,1-5H3,(H,17,20);6H,1H2,2-5H3/b8-7-,14-12+;. The lowest BCUT2D eigenvalue weighted by Gasteiger charge is -2.39. The van der Waals surface area contributed by atoms with Crippen LogP contribution < -0.4 is 5.32 Å². The second-order valence-electron chi connectivity index (χ2n) is 8.63. The van der Waals surface area contributed by atoms with Crippen molar-refractivity contribution < 1.29 is 9.59 Å². The highest BCUT2D eigenvalue weighted by Gasteiger charge is 2.31. The zero-order chi connectivity index (χ0) is 23.5. The molecule has 5 heteroatoms. The van der Waals surface area contributed by atoms with Gasteiger partial charge in [-0.1, -0.05) is 18.2 Å². The van der Waals surface area contributed by atoms with Gasteiger partial charge in [0.25, 0.3) is 0 Å². The zero-order valence-corrected chi connectivity index (χ0v) is 20.5. The first-order chi connectivity index (χ1) is 13.8. The molecule has 0 aromatic rings. The molecule has 30 heavy (non-hydrogen) atoms. The Hall–Kier alpha value is -2.27. The molecule has 168 valence electrons. The van der Waals surface area contributed by atoms with Crippen LogP contribution in [0.15, 0.2) is 52.2 Å². The molecule has 0 spiro atoms. The average Bonchev–Trinajstić information content (AvgIpc) is 2.64. The minimum atomic E-state index is -0.171. The van der Waals surface area contributed by atoms with E-state index in [-0.39, 0.29) is 17.2 Å². The number of ketones is 1. The van der Waals surface area contributed by atoms with Gasteiger partial charge in [-0.05, 0) is 99.0 Å². The van der Waals surface area contributed by atoms with Crippen molar-refractivity contribution >= 4 is 17.4 Å². The highest BCUT2D eigenvalue weighted by molar-refractivity contribution is 5.98. The fourth-order valence-corrected chi connectivity index (χ4v) is 3.10. The first-order valence-corrected chi connectivity index (χ1v) is 10.5. The normalized spacial score (nSPS) is 20.6. The van der Waals surface area contributed by atoms with Crippen LogP contribution in [0.1, 0.15) is 68.2 Å². The summed E-state index contributed by atoms with van der Waals surface area (Å²) < 4.78 is 0. The molecule has 0 bridgehead atoms. The number of hydrogen-bond donors (Lipinski definition) is 1. The minimum absolute atomic E-state index is 0.0153. The maximum atomic E-state index is 12.3. The van der Waals surface area contributed by atoms with Crippen molar-refractivity contribution in [3.63, 3.8) is 0 Å². The molecule has 1 saturated heterocycles. The van der Waals surface area contributed by atoms with E-state index in [1.807, 2.05) is 13.8 Å². The predicted octanol–water partition coefficient (Wildman–Crippen LogP) is 5.02. The third kappa shape index (κ3) is 10.5. The summed E-state index contributed by atoms with van der Waals surface area (Å²) >= 11 is 0. The van der Waals surface area contributed by atoms with Gasteiger partial charge in [0.2, 0.25) is 5.91 Å². The number of allylic oxidation sites excluding steroid dienone is 5. The van der Waals surface area contributed by atoms with Crippen LogP contribution in [0.2, 0.25) is 0 Å². The largest absolute Gasteiger partial charge is 0.346 e. The highest BCUT2D eigenvalue weighted by atomic mass is 16.2. The van der Waals surface area contributed by atoms with Crippen LogP contribution in [-0.2, 0) is 9.59 Å². The Balaban J connectivity index is 0.000000710. The molecular weight excluding hydrogens is 374 g/mol. The average molecular weight is 416 g/mol. The lowest BCUT2D eigenvalue weighted by Crippen LogP contribution is -2.56. The van der Waals surface area contributed by atoms with Crippen LogP contribution in [-0.4, -0.2) is 48.0 Å². The van der Waals surface area contributed by atoms with Crippen LogP contribution in [0.4, 0.5) is 0 Å². The van der Waals surface area contributed by atoms with Gasteiger partial charge in [-0.3, -0.25) is 14.6 Å². The van der Waals surface area contributed by atoms with Crippen molar-refractivity contribution in [1.29, 1.82) is 0 Å². The third-order valence-corrected chi connectivity index (χ3v) is 5.38. The van der Waals surface area contributed by atoms with E-state index in [1.165, 1.54) is 24.1 Å². The van der Waals surface area contributed by atoms with Crippen molar-refractivity contribution in [2.45, 2.75) is 73.8 Å². The number of likely N-dealkylation sites (N-methyl/N-ethyl adjacent to an activating group) is 1. The Labute approximate surface area is 183 Å². The second-order valence-corrected chi connectivity index (χ2v) is 8.63. The lowest BCUT2D eigenvalue weighted by molar-refractivity contribution is -0.119. The maximum absolute atomic E-state index is 12.3. The first kappa shape index (κ1) is 27.7. The fourth-order valence-electron chi connectivity index (χ4n) is 3.10. The molecule has 1 aliphatic rings. The molecule has 1 N–H and O–H groups in total. The van der Waals surface area contributed by atoms with Crippen molar-refractivity contribution in [1.82, 2.24) is 10.2 Å². The Morgan fingerprint density at radius 2 is 1.63 bits per heavy atom. The number of carbonyl (C=O) groups excluding carboxylic acids is 2. The summed E-state index contributed by atoms with van der Waals surface area (Å²) in [5.41, 5.74) is 4.93. The van der Waals surface area contributed by atoms with Crippen LogP contribution in [0.25, 0.3) is 0 Å². The van der Waals surface area contributed by atoms with E-state index in [2.05, 4.69) is 56.5 Å². The molecule has 1 atom stereocenters. The summed E-state index contributed by atoms with van der Waals surface area (Å²) in [5, 5.41) is 3.14. The number of piperidine rings is 1. The molecular formula is C25H41N3O2. The highest BCUT2D eigenvalue weighted by Crippen LogP contribution is 2.20. The zero-order valence-electron chi connectivity index (χ0n) is 20.5. The molecule has 1 aliphatic heterocycles. The number of hydrogen-bond acceptors (Lipinski definition) is 4. The van der Waals surface area contributed by atoms with Gasteiger partial charge in [0, 0.05) is 24.0 Å². The number of likely N-dealkylation sites (tertiary alicyclic amines) is 1. The Bertz CT molecular complexity index is 752. The molecule has 0 aromatic heterocycles. The van der Waals surface area contributed by atoms with E-state index in [0.717, 1.165) is 37.2 Å². The summed E-state index contributed by atoms with van der Waals surface area (Å²) in [6.07, 6.45) is 6.86. The van der Waals surface area contributed by atoms with Gasteiger partial charge in [-0.2, -0.15) is 0 Å². The van der Waals surface area contributed by atoms with E-state index < -0.39 is 0 Å². The number of carbonyl (C=O) groups is 2. The Kier molecular flexibility index (Phi) is 12.1. The van der Waals surface area contributed by atoms with E-state index >= 15 is 0 Å². The van der Waals surface area contributed by atoms with Crippen LogP contribution in [0.3, 0.4) is 0 Å². The second kappa shape index (κ2) is 13.1. The number of rotatable bonds is 6. The van der Waals surface area contributed by atoms with Gasteiger partial charge in [-0.15, -0.1) is 0 Å². The molecule has 1 fully saturated rings. The van der Waals surface area contributed by atoms with Crippen molar-refractivity contribution in [3.05, 3.63) is 47.2 Å². The van der Waals surface area contributed by atoms with Crippen molar-refractivity contribution in [2.24, 2.45) is 4.99 Å². The number of amides is 1. The van der Waals surface area contributed by atoms with Crippen molar-refractivity contribution in [3.8, 4) is 0 Å². The molecule has 1 rings (SSSR count). The molecule has 0 aliphatic carbocycles. The van der Waals surface area contributed by atoms with Gasteiger partial charge in [0.15, 0.2) is 5.78 Å². The topological polar surface area (TPSA) is 61.8 Å².